The van der Waals surface area contributed by atoms with E-state index in [1.54, 1.807) is 6.92 Å². The largest absolute Gasteiger partial charge is 0.492 e. The minimum Gasteiger partial charge on any atom is -0.492 e. The summed E-state index contributed by atoms with van der Waals surface area (Å²) in [5.74, 6) is 0.194. The van der Waals surface area contributed by atoms with E-state index in [9.17, 15) is 9.59 Å². The highest BCUT2D eigenvalue weighted by atomic mass is 16.5. The van der Waals surface area contributed by atoms with E-state index in [1.807, 2.05) is 31.2 Å². The Bertz CT molecular complexity index is 473. The van der Waals surface area contributed by atoms with Gasteiger partial charge in [0.15, 0.2) is 0 Å². The molecule has 1 atom stereocenters. The molecule has 1 aliphatic heterocycles. The molecule has 96 valence electrons. The van der Waals surface area contributed by atoms with Gasteiger partial charge in [0, 0.05) is 6.54 Å². The van der Waals surface area contributed by atoms with Gasteiger partial charge < -0.3 is 4.74 Å². The second kappa shape index (κ2) is 5.08. The first-order chi connectivity index (χ1) is 8.63. The summed E-state index contributed by atoms with van der Waals surface area (Å²) in [7, 11) is 0. The van der Waals surface area contributed by atoms with E-state index in [0.717, 1.165) is 0 Å². The lowest BCUT2D eigenvalue weighted by molar-refractivity contribution is -0.123. The number of para-hydroxylation sites is 2. The molecule has 1 unspecified atom stereocenters. The van der Waals surface area contributed by atoms with Gasteiger partial charge in [0.25, 0.3) is 0 Å². The number of urea groups is 1. The van der Waals surface area contributed by atoms with E-state index in [0.29, 0.717) is 24.6 Å². The molecule has 1 saturated heterocycles. The lowest BCUT2D eigenvalue weighted by Crippen LogP contribution is -2.54. The quantitative estimate of drug-likeness (QED) is 0.887. The van der Waals surface area contributed by atoms with E-state index >= 15 is 0 Å². The Kier molecular flexibility index (Phi) is 3.50. The maximum Gasteiger partial charge on any atom is 0.328 e. The van der Waals surface area contributed by atoms with Crippen LogP contribution >= 0.6 is 0 Å². The molecule has 0 aliphatic carbocycles. The highest BCUT2D eigenvalue weighted by Crippen LogP contribution is 2.29. The Morgan fingerprint density at radius 3 is 2.83 bits per heavy atom. The third-order valence-corrected chi connectivity index (χ3v) is 2.84. The number of hydrogen-bond donors (Lipinski definition) is 1. The first-order valence-electron chi connectivity index (χ1n) is 5.97. The smallest absolute Gasteiger partial charge is 0.328 e. The fourth-order valence-electron chi connectivity index (χ4n) is 1.90. The molecule has 0 saturated carbocycles. The fourth-order valence-corrected chi connectivity index (χ4v) is 1.90. The summed E-state index contributed by atoms with van der Waals surface area (Å²) in [6.07, 6.45) is 0. The third-order valence-electron chi connectivity index (χ3n) is 2.84. The van der Waals surface area contributed by atoms with Crippen LogP contribution in [0.2, 0.25) is 0 Å². The summed E-state index contributed by atoms with van der Waals surface area (Å²) in [6.45, 7) is 4.58. The first-order valence-corrected chi connectivity index (χ1v) is 5.97. The van der Waals surface area contributed by atoms with E-state index in [4.69, 9.17) is 4.74 Å². The van der Waals surface area contributed by atoms with Crippen LogP contribution in [0.5, 0.6) is 5.75 Å². The monoisotopic (exact) mass is 248 g/mol. The average molecular weight is 248 g/mol. The lowest BCUT2D eigenvalue weighted by Gasteiger charge is -2.31. The van der Waals surface area contributed by atoms with E-state index in [1.165, 1.54) is 4.90 Å². The molecule has 3 amide bonds. The molecule has 18 heavy (non-hydrogen) atoms. The van der Waals surface area contributed by atoms with Gasteiger partial charge >= 0.3 is 6.03 Å². The summed E-state index contributed by atoms with van der Waals surface area (Å²) in [5, 5.41) is 2.34. The van der Waals surface area contributed by atoms with Crippen LogP contribution in [0.25, 0.3) is 0 Å². The Labute approximate surface area is 106 Å². The van der Waals surface area contributed by atoms with Crippen LogP contribution < -0.4 is 15.0 Å². The number of ether oxygens (including phenoxy) is 1. The molecule has 1 aromatic rings. The fraction of sp³-hybridized carbons (Fsp3) is 0.385. The number of amides is 3. The number of carbonyl (C=O) groups is 2. The highest BCUT2D eigenvalue weighted by Gasteiger charge is 2.31. The number of anilines is 1. The van der Waals surface area contributed by atoms with Crippen molar-refractivity contribution in [1.82, 2.24) is 5.32 Å². The van der Waals surface area contributed by atoms with Crippen LogP contribution in [-0.2, 0) is 4.79 Å². The van der Waals surface area contributed by atoms with Gasteiger partial charge in [-0.1, -0.05) is 19.1 Å². The second-order valence-corrected chi connectivity index (χ2v) is 4.21. The number of hydrogen-bond acceptors (Lipinski definition) is 3. The van der Waals surface area contributed by atoms with Gasteiger partial charge in [-0.15, -0.1) is 0 Å². The minimum atomic E-state index is -0.398. The van der Waals surface area contributed by atoms with Crippen molar-refractivity contribution >= 4 is 17.6 Å². The summed E-state index contributed by atoms with van der Waals surface area (Å²) >= 11 is 0. The van der Waals surface area contributed by atoms with Gasteiger partial charge in [-0.25, -0.2) is 4.79 Å². The first kappa shape index (κ1) is 12.4. The molecule has 5 heteroatoms. The SMILES string of the molecule is CCOc1ccccc1N1CC(C)C(=O)NC1=O. The van der Waals surface area contributed by atoms with Crippen LogP contribution in [-0.4, -0.2) is 25.1 Å². The van der Waals surface area contributed by atoms with Crippen molar-refractivity contribution in [3.63, 3.8) is 0 Å². The van der Waals surface area contributed by atoms with Crippen molar-refractivity contribution in [2.45, 2.75) is 13.8 Å². The zero-order valence-corrected chi connectivity index (χ0v) is 10.5. The number of rotatable bonds is 3. The van der Waals surface area contributed by atoms with Crippen LogP contribution in [0.3, 0.4) is 0 Å². The number of imide groups is 1. The topological polar surface area (TPSA) is 58.6 Å². The van der Waals surface area contributed by atoms with E-state index < -0.39 is 6.03 Å². The Balaban J connectivity index is 2.30. The van der Waals surface area contributed by atoms with Crippen LogP contribution in [0.15, 0.2) is 24.3 Å². The number of nitrogens with zero attached hydrogens (tertiary/aromatic N) is 1. The molecule has 1 N–H and O–H groups in total. The predicted octanol–water partition coefficient (Wildman–Crippen LogP) is 1.78. The highest BCUT2D eigenvalue weighted by molar-refractivity contribution is 6.07. The lowest BCUT2D eigenvalue weighted by atomic mass is 10.1. The van der Waals surface area contributed by atoms with Gasteiger partial charge in [0.05, 0.1) is 18.2 Å². The molecule has 1 fully saturated rings. The van der Waals surface area contributed by atoms with Crippen molar-refractivity contribution in [1.29, 1.82) is 0 Å². The van der Waals surface area contributed by atoms with Crippen molar-refractivity contribution in [2.75, 3.05) is 18.1 Å². The molecule has 5 nitrogen and oxygen atoms in total. The standard InChI is InChI=1S/C13H16N2O3/c1-3-18-11-7-5-4-6-10(11)15-8-9(2)12(16)14-13(15)17/h4-7,9H,3,8H2,1-2H3,(H,14,16,17). The Morgan fingerprint density at radius 2 is 2.11 bits per heavy atom. The van der Waals surface area contributed by atoms with Gasteiger partial charge in [-0.3, -0.25) is 15.0 Å². The number of carbonyl (C=O) groups excluding carboxylic acids is 2. The maximum absolute atomic E-state index is 11.8. The molecule has 0 spiro atoms. The zero-order chi connectivity index (χ0) is 13.1. The molecule has 1 aromatic carbocycles. The molecular formula is C13H16N2O3. The molecule has 2 rings (SSSR count). The van der Waals surface area contributed by atoms with Crippen molar-refractivity contribution in [3.05, 3.63) is 24.3 Å². The molecule has 0 radical (unpaired) electrons. The summed E-state index contributed by atoms with van der Waals surface area (Å²) in [5.41, 5.74) is 0.691. The molecule has 0 aromatic heterocycles. The van der Waals surface area contributed by atoms with Crippen molar-refractivity contribution < 1.29 is 14.3 Å². The van der Waals surface area contributed by atoms with Crippen LogP contribution in [0, 0.1) is 5.92 Å². The zero-order valence-electron chi connectivity index (χ0n) is 10.5. The molecular weight excluding hydrogens is 232 g/mol. The minimum absolute atomic E-state index is 0.225. The summed E-state index contributed by atoms with van der Waals surface area (Å²) in [6, 6.07) is 6.92. The molecule has 0 bridgehead atoms. The van der Waals surface area contributed by atoms with E-state index in [2.05, 4.69) is 5.32 Å². The summed E-state index contributed by atoms with van der Waals surface area (Å²) < 4.78 is 5.49. The van der Waals surface area contributed by atoms with Gasteiger partial charge in [-0.05, 0) is 19.1 Å². The van der Waals surface area contributed by atoms with Crippen molar-refractivity contribution in [3.8, 4) is 5.75 Å². The average Bonchev–Trinajstić information content (AvgIpc) is 2.35. The summed E-state index contributed by atoms with van der Waals surface area (Å²) in [4.78, 5) is 24.8. The maximum atomic E-state index is 11.8. The molecule has 1 aliphatic rings. The molecule has 1 heterocycles. The Hall–Kier alpha value is -2.04. The normalized spacial score (nSPS) is 19.7. The van der Waals surface area contributed by atoms with Crippen LogP contribution in [0.1, 0.15) is 13.8 Å². The van der Waals surface area contributed by atoms with Gasteiger partial charge in [0.1, 0.15) is 5.75 Å². The number of nitrogens with one attached hydrogen (secondary N) is 1. The predicted molar refractivity (Wildman–Crippen MR) is 67.7 cm³/mol. The van der Waals surface area contributed by atoms with Gasteiger partial charge in [0.2, 0.25) is 5.91 Å². The number of benzene rings is 1. The second-order valence-electron chi connectivity index (χ2n) is 4.21. The Morgan fingerprint density at radius 1 is 1.39 bits per heavy atom. The van der Waals surface area contributed by atoms with Crippen LogP contribution in [0.4, 0.5) is 10.5 Å². The van der Waals surface area contributed by atoms with Gasteiger partial charge in [-0.2, -0.15) is 0 Å². The van der Waals surface area contributed by atoms with Crippen molar-refractivity contribution in [2.24, 2.45) is 5.92 Å². The third kappa shape index (κ3) is 2.30. The van der Waals surface area contributed by atoms with E-state index in [-0.39, 0.29) is 11.8 Å².